The van der Waals surface area contributed by atoms with Crippen molar-refractivity contribution in [2.45, 2.75) is 38.1 Å². The van der Waals surface area contributed by atoms with Crippen molar-refractivity contribution in [2.75, 3.05) is 26.8 Å². The molecule has 2 aliphatic rings. The standard InChI is InChI=1S/C20H21F4N3O4S/c1-10(6-21)30-18(29)27-8-19(9-27)4-11(5-19)31-14-3-13(20(22,23)24)16-15(26-14)12(7-32-16)17(28)25-2/h3,7,10-11H,4-6,8-9H2,1-2H3,(H,25,28). The van der Waals surface area contributed by atoms with Crippen LogP contribution in [0.3, 0.4) is 0 Å². The van der Waals surface area contributed by atoms with Crippen LogP contribution in [0.1, 0.15) is 35.7 Å². The van der Waals surface area contributed by atoms with Gasteiger partial charge in [-0.15, -0.1) is 11.3 Å². The van der Waals surface area contributed by atoms with Gasteiger partial charge in [-0.05, 0) is 19.8 Å². The van der Waals surface area contributed by atoms with Gasteiger partial charge >= 0.3 is 12.3 Å². The van der Waals surface area contributed by atoms with Crippen molar-refractivity contribution >= 4 is 33.6 Å². The second-order valence-electron chi connectivity index (χ2n) is 8.26. The summed E-state index contributed by atoms with van der Waals surface area (Å²) in [5, 5.41) is 3.74. The third-order valence-electron chi connectivity index (χ3n) is 5.72. The van der Waals surface area contributed by atoms with E-state index in [1.165, 1.54) is 24.3 Å². The minimum absolute atomic E-state index is 0.0484. The van der Waals surface area contributed by atoms with Crippen LogP contribution >= 0.6 is 11.3 Å². The molecule has 174 valence electrons. The highest BCUT2D eigenvalue weighted by Crippen LogP contribution is 2.50. The first-order valence-corrected chi connectivity index (χ1v) is 10.8. The van der Waals surface area contributed by atoms with E-state index in [0.717, 1.165) is 17.4 Å². The molecule has 4 rings (SSSR count). The lowest BCUT2D eigenvalue weighted by molar-refractivity contribution is -0.136. The molecule has 7 nitrogen and oxygen atoms in total. The number of carbonyl (C=O) groups excluding carboxylic acids is 2. The number of hydrogen-bond acceptors (Lipinski definition) is 6. The van der Waals surface area contributed by atoms with Crippen LogP contribution in [0.25, 0.3) is 10.2 Å². The number of likely N-dealkylation sites (tertiary alicyclic amines) is 1. The van der Waals surface area contributed by atoms with E-state index < -0.39 is 36.5 Å². The summed E-state index contributed by atoms with van der Waals surface area (Å²) in [5.74, 6) is -0.722. The lowest BCUT2D eigenvalue weighted by Gasteiger charge is -2.57. The average molecular weight is 475 g/mol. The summed E-state index contributed by atoms with van der Waals surface area (Å²) in [4.78, 5) is 29.6. The second kappa shape index (κ2) is 8.05. The number of nitrogens with one attached hydrogen (secondary N) is 1. The van der Waals surface area contributed by atoms with Gasteiger partial charge in [-0.2, -0.15) is 13.2 Å². The number of hydrogen-bond donors (Lipinski definition) is 1. The molecule has 1 aliphatic carbocycles. The number of ether oxygens (including phenoxy) is 2. The van der Waals surface area contributed by atoms with E-state index in [2.05, 4.69) is 10.3 Å². The van der Waals surface area contributed by atoms with Gasteiger partial charge in [0.05, 0.1) is 21.3 Å². The highest BCUT2D eigenvalue weighted by atomic mass is 32.1. The fraction of sp³-hybridized carbons (Fsp3) is 0.550. The largest absolute Gasteiger partial charge is 0.474 e. The first kappa shape index (κ1) is 22.6. The van der Waals surface area contributed by atoms with E-state index in [4.69, 9.17) is 9.47 Å². The Morgan fingerprint density at radius 1 is 1.38 bits per heavy atom. The smallest absolute Gasteiger partial charge is 0.418 e. The van der Waals surface area contributed by atoms with Crippen molar-refractivity contribution in [3.05, 3.63) is 22.6 Å². The van der Waals surface area contributed by atoms with Crippen molar-refractivity contribution in [3.63, 3.8) is 0 Å². The quantitative estimate of drug-likeness (QED) is 0.661. The Bertz CT molecular complexity index is 1040. The van der Waals surface area contributed by atoms with Gasteiger partial charge in [-0.25, -0.2) is 14.2 Å². The van der Waals surface area contributed by atoms with E-state index in [-0.39, 0.29) is 33.2 Å². The lowest BCUT2D eigenvalue weighted by atomic mass is 9.62. The molecule has 1 aliphatic heterocycles. The Kier molecular flexibility index (Phi) is 5.68. The van der Waals surface area contributed by atoms with Crippen LogP contribution in [-0.2, 0) is 10.9 Å². The summed E-state index contributed by atoms with van der Waals surface area (Å²) in [7, 11) is 1.39. The van der Waals surface area contributed by atoms with Crippen LogP contribution in [0.15, 0.2) is 11.4 Å². The summed E-state index contributed by atoms with van der Waals surface area (Å²) in [6.45, 7) is 1.55. The van der Waals surface area contributed by atoms with Gasteiger partial charge in [0, 0.05) is 37.0 Å². The first-order valence-electron chi connectivity index (χ1n) is 9.95. The Morgan fingerprint density at radius 3 is 2.66 bits per heavy atom. The van der Waals surface area contributed by atoms with Crippen LogP contribution in [0, 0.1) is 5.41 Å². The van der Waals surface area contributed by atoms with Gasteiger partial charge in [0.25, 0.3) is 5.91 Å². The highest BCUT2D eigenvalue weighted by molar-refractivity contribution is 7.17. The van der Waals surface area contributed by atoms with E-state index >= 15 is 0 Å². The van der Waals surface area contributed by atoms with Gasteiger partial charge in [0.15, 0.2) is 0 Å². The molecule has 0 aromatic carbocycles. The number of rotatable bonds is 5. The maximum Gasteiger partial charge on any atom is 0.418 e. The molecule has 1 spiro atoms. The zero-order valence-electron chi connectivity index (χ0n) is 17.3. The fourth-order valence-corrected chi connectivity index (χ4v) is 5.16. The highest BCUT2D eigenvalue weighted by Gasteiger charge is 2.55. The maximum atomic E-state index is 13.6. The molecule has 2 amide bonds. The van der Waals surface area contributed by atoms with Crippen LogP contribution in [-0.4, -0.2) is 60.9 Å². The van der Waals surface area contributed by atoms with Crippen molar-refractivity contribution < 1.29 is 36.6 Å². The molecule has 32 heavy (non-hydrogen) atoms. The summed E-state index contributed by atoms with van der Waals surface area (Å²) in [5.41, 5.74) is -1.06. The number of thiophene rings is 1. The zero-order valence-corrected chi connectivity index (χ0v) is 18.1. The first-order chi connectivity index (χ1) is 15.0. The predicted molar refractivity (Wildman–Crippen MR) is 108 cm³/mol. The second-order valence-corrected chi connectivity index (χ2v) is 9.14. The zero-order chi connectivity index (χ0) is 23.3. The van der Waals surface area contributed by atoms with Crippen molar-refractivity contribution in [2.24, 2.45) is 5.41 Å². The maximum absolute atomic E-state index is 13.6. The molecular weight excluding hydrogens is 454 g/mol. The minimum atomic E-state index is -4.63. The Balaban J connectivity index is 1.45. The van der Waals surface area contributed by atoms with Crippen LogP contribution in [0.5, 0.6) is 5.88 Å². The number of carbonyl (C=O) groups is 2. The van der Waals surface area contributed by atoms with Crippen molar-refractivity contribution in [3.8, 4) is 5.88 Å². The molecule has 1 unspecified atom stereocenters. The van der Waals surface area contributed by atoms with E-state index in [9.17, 15) is 27.2 Å². The summed E-state index contributed by atoms with van der Waals surface area (Å²) in [6, 6.07) is 0.861. The molecule has 2 aromatic heterocycles. The fourth-order valence-electron chi connectivity index (χ4n) is 4.14. The number of fused-ring (bicyclic) bond motifs is 1. The minimum Gasteiger partial charge on any atom is -0.474 e. The molecule has 2 aromatic rings. The number of amides is 2. The molecule has 3 heterocycles. The van der Waals surface area contributed by atoms with Gasteiger partial charge in [-0.1, -0.05) is 0 Å². The molecule has 1 atom stereocenters. The lowest BCUT2D eigenvalue weighted by Crippen LogP contribution is -2.66. The summed E-state index contributed by atoms with van der Waals surface area (Å²) >= 11 is 0.808. The number of alkyl halides is 4. The number of aromatic nitrogens is 1. The van der Waals surface area contributed by atoms with Gasteiger partial charge < -0.3 is 19.7 Å². The Morgan fingerprint density at radius 2 is 2.06 bits per heavy atom. The van der Waals surface area contributed by atoms with Gasteiger partial charge in [-0.3, -0.25) is 4.79 Å². The molecule has 1 saturated carbocycles. The monoisotopic (exact) mass is 475 g/mol. The van der Waals surface area contributed by atoms with Crippen LogP contribution in [0.4, 0.5) is 22.4 Å². The molecule has 0 bridgehead atoms. The number of pyridine rings is 1. The summed E-state index contributed by atoms with van der Waals surface area (Å²) in [6.07, 6.45) is -5.28. The molecule has 1 N–H and O–H groups in total. The van der Waals surface area contributed by atoms with Crippen molar-refractivity contribution in [1.29, 1.82) is 0 Å². The summed E-state index contributed by atoms with van der Waals surface area (Å²) < 4.78 is 63.8. The molecule has 2 fully saturated rings. The normalized spacial score (nSPS) is 18.8. The number of nitrogens with zero attached hydrogens (tertiary/aromatic N) is 2. The van der Waals surface area contributed by atoms with E-state index in [1.54, 1.807) is 0 Å². The molecule has 0 radical (unpaired) electrons. The van der Waals surface area contributed by atoms with Crippen LogP contribution < -0.4 is 10.1 Å². The third-order valence-corrected chi connectivity index (χ3v) is 6.72. The topological polar surface area (TPSA) is 80.8 Å². The van der Waals surface area contributed by atoms with Gasteiger partial charge in [0.1, 0.15) is 18.9 Å². The Hall–Kier alpha value is -2.63. The van der Waals surface area contributed by atoms with Gasteiger partial charge in [0.2, 0.25) is 5.88 Å². The van der Waals surface area contributed by atoms with E-state index in [1.807, 2.05) is 0 Å². The number of halogens is 4. The molecular formula is C20H21F4N3O4S. The third kappa shape index (κ3) is 4.07. The average Bonchev–Trinajstić information content (AvgIpc) is 3.10. The molecule has 1 saturated heterocycles. The SMILES string of the molecule is CNC(=O)c1csc2c(C(F)(F)F)cc(OC3CC4(C3)CN(C(=O)OC(C)CF)C4)nc12. The Labute approximate surface area is 184 Å². The van der Waals surface area contributed by atoms with Crippen molar-refractivity contribution in [1.82, 2.24) is 15.2 Å². The van der Waals surface area contributed by atoms with Crippen LogP contribution in [0.2, 0.25) is 0 Å². The van der Waals surface area contributed by atoms with E-state index in [0.29, 0.717) is 25.9 Å². The molecule has 12 heteroatoms. The predicted octanol–water partition coefficient (Wildman–Crippen LogP) is 4.01.